The molecule has 28 heavy (non-hydrogen) atoms. The van der Waals surface area contributed by atoms with Crippen LogP contribution in [0.15, 0.2) is 36.5 Å². The van der Waals surface area contributed by atoms with Crippen molar-refractivity contribution < 1.29 is 14.4 Å². The molecule has 0 saturated carbocycles. The average molecular weight is 385 g/mol. The molecule has 4 heterocycles. The smallest absolute Gasteiger partial charge is 0.229 e. The Labute approximate surface area is 166 Å². The fourth-order valence-corrected chi connectivity index (χ4v) is 4.60. The number of carbonyl (C=O) groups is 1. The predicted molar refractivity (Wildman–Crippen MR) is 105 cm³/mol. The lowest BCUT2D eigenvalue weighted by atomic mass is 9.75. The summed E-state index contributed by atoms with van der Waals surface area (Å²) in [5, 5.41) is 11.6. The molecule has 5 rings (SSSR count). The number of benzene rings is 1. The van der Waals surface area contributed by atoms with Crippen LogP contribution in [0.1, 0.15) is 32.4 Å². The van der Waals surface area contributed by atoms with Gasteiger partial charge in [-0.25, -0.2) is 4.68 Å². The van der Waals surface area contributed by atoms with Gasteiger partial charge in [0.1, 0.15) is 24.1 Å². The number of amides is 1. The standard InChI is InChI=1S/C21H29N5O2/c1-15(2)22-21(27)20-13-25-9-8-16(20)10-18(25)12-26-11-17(23-24-26)14-28-19-6-4-3-5-7-19/h3-7,11,15-16,18,20H,8-10,12-14H2,1-2H3,(H,22,27)/p+1/t16-,18-,20+/m1/s1. The molecule has 2 N–H and O–H groups in total. The highest BCUT2D eigenvalue weighted by molar-refractivity contribution is 5.79. The van der Waals surface area contributed by atoms with Crippen molar-refractivity contribution in [2.45, 2.75) is 51.9 Å². The molecule has 3 aliphatic rings. The number of hydrogen-bond donors (Lipinski definition) is 2. The molecular formula is C21H30N5O2+. The maximum absolute atomic E-state index is 12.5. The number of ether oxygens (including phenoxy) is 1. The molecule has 3 saturated heterocycles. The molecular weight excluding hydrogens is 354 g/mol. The van der Waals surface area contributed by atoms with E-state index in [4.69, 9.17) is 4.74 Å². The second-order valence-corrected chi connectivity index (χ2v) is 8.40. The average Bonchev–Trinajstić information content (AvgIpc) is 3.14. The third-order valence-electron chi connectivity index (χ3n) is 5.94. The predicted octanol–water partition coefficient (Wildman–Crippen LogP) is 0.675. The molecule has 3 aliphatic heterocycles. The van der Waals surface area contributed by atoms with Gasteiger partial charge in [-0.3, -0.25) is 4.79 Å². The number of carbonyl (C=O) groups excluding carboxylic acids is 1. The normalized spacial score (nSPS) is 26.4. The van der Waals surface area contributed by atoms with Crippen molar-refractivity contribution in [3.63, 3.8) is 0 Å². The number of para-hydroxylation sites is 1. The van der Waals surface area contributed by atoms with Crippen LogP contribution in [0.2, 0.25) is 0 Å². The highest BCUT2D eigenvalue weighted by Gasteiger charge is 2.46. The van der Waals surface area contributed by atoms with Crippen LogP contribution in [0.25, 0.3) is 0 Å². The van der Waals surface area contributed by atoms with Crippen molar-refractivity contribution >= 4 is 5.91 Å². The first-order valence-corrected chi connectivity index (χ1v) is 10.3. The van der Waals surface area contributed by atoms with Gasteiger partial charge in [-0.2, -0.15) is 0 Å². The van der Waals surface area contributed by atoms with Crippen LogP contribution < -0.4 is 15.0 Å². The SMILES string of the molecule is CC(C)NC(=O)[C@H]1C[NH+]2CC[C@@H]1C[C@@H]2Cn1cc(COc2ccccc2)nn1. The van der Waals surface area contributed by atoms with Gasteiger partial charge in [0.2, 0.25) is 5.91 Å². The van der Waals surface area contributed by atoms with E-state index < -0.39 is 0 Å². The summed E-state index contributed by atoms with van der Waals surface area (Å²) in [4.78, 5) is 14.0. The third-order valence-corrected chi connectivity index (χ3v) is 5.94. The van der Waals surface area contributed by atoms with E-state index in [9.17, 15) is 4.79 Å². The Kier molecular flexibility index (Phi) is 5.62. The Morgan fingerprint density at radius 3 is 2.89 bits per heavy atom. The fraction of sp³-hybridized carbons (Fsp3) is 0.571. The van der Waals surface area contributed by atoms with Crippen LogP contribution in [0, 0.1) is 11.8 Å². The van der Waals surface area contributed by atoms with Crippen molar-refractivity contribution in [1.82, 2.24) is 20.3 Å². The minimum absolute atomic E-state index is 0.160. The Hall–Kier alpha value is -2.41. The zero-order valence-corrected chi connectivity index (χ0v) is 16.7. The molecule has 1 unspecified atom stereocenters. The number of fused-ring (bicyclic) bond motifs is 3. The maximum Gasteiger partial charge on any atom is 0.229 e. The van der Waals surface area contributed by atoms with Gasteiger partial charge < -0.3 is 15.0 Å². The van der Waals surface area contributed by atoms with Crippen LogP contribution in [-0.4, -0.2) is 46.1 Å². The number of quaternary nitrogens is 1. The van der Waals surface area contributed by atoms with Crippen LogP contribution >= 0.6 is 0 Å². The number of nitrogens with zero attached hydrogens (tertiary/aromatic N) is 3. The van der Waals surface area contributed by atoms with E-state index in [1.165, 1.54) is 4.90 Å². The third kappa shape index (κ3) is 4.35. The summed E-state index contributed by atoms with van der Waals surface area (Å²) in [5.41, 5.74) is 0.837. The van der Waals surface area contributed by atoms with Gasteiger partial charge in [-0.05, 0) is 31.9 Å². The van der Waals surface area contributed by atoms with Crippen molar-refractivity contribution in [1.29, 1.82) is 0 Å². The lowest BCUT2D eigenvalue weighted by Gasteiger charge is -2.46. The quantitative estimate of drug-likeness (QED) is 0.736. The van der Waals surface area contributed by atoms with E-state index in [0.29, 0.717) is 18.6 Å². The zero-order valence-electron chi connectivity index (χ0n) is 16.7. The molecule has 1 amide bonds. The Balaban J connectivity index is 1.31. The summed E-state index contributed by atoms with van der Waals surface area (Å²) in [7, 11) is 0. The molecule has 7 heteroatoms. The molecule has 2 bridgehead atoms. The number of nitrogens with one attached hydrogen (secondary N) is 2. The number of aromatic nitrogens is 3. The highest BCUT2D eigenvalue weighted by atomic mass is 16.5. The minimum atomic E-state index is 0.160. The fourth-order valence-electron chi connectivity index (χ4n) is 4.60. The van der Waals surface area contributed by atoms with Gasteiger partial charge in [0.25, 0.3) is 0 Å². The highest BCUT2D eigenvalue weighted by Crippen LogP contribution is 2.27. The topological polar surface area (TPSA) is 73.5 Å². The van der Waals surface area contributed by atoms with E-state index in [1.807, 2.05) is 55.1 Å². The number of piperidine rings is 3. The lowest BCUT2D eigenvalue weighted by molar-refractivity contribution is -0.945. The van der Waals surface area contributed by atoms with Crippen molar-refractivity contribution in [3.05, 3.63) is 42.2 Å². The van der Waals surface area contributed by atoms with E-state index in [1.54, 1.807) is 0 Å². The van der Waals surface area contributed by atoms with Gasteiger partial charge in [0, 0.05) is 18.9 Å². The van der Waals surface area contributed by atoms with Crippen LogP contribution in [-0.2, 0) is 17.9 Å². The molecule has 3 fully saturated rings. The second kappa shape index (κ2) is 8.31. The van der Waals surface area contributed by atoms with Gasteiger partial charge in [-0.15, -0.1) is 5.10 Å². The lowest BCUT2D eigenvalue weighted by Crippen LogP contribution is -3.20. The molecule has 0 aliphatic carbocycles. The van der Waals surface area contributed by atoms with Crippen LogP contribution in [0.5, 0.6) is 5.75 Å². The summed E-state index contributed by atoms with van der Waals surface area (Å²) < 4.78 is 7.69. The Bertz CT molecular complexity index is 791. The van der Waals surface area contributed by atoms with Gasteiger partial charge in [0.05, 0.1) is 31.7 Å². The summed E-state index contributed by atoms with van der Waals surface area (Å²) >= 11 is 0. The first kappa shape index (κ1) is 18.9. The minimum Gasteiger partial charge on any atom is -0.487 e. The van der Waals surface area contributed by atoms with E-state index in [2.05, 4.69) is 15.6 Å². The summed E-state index contributed by atoms with van der Waals surface area (Å²) in [6, 6.07) is 10.5. The first-order valence-electron chi connectivity index (χ1n) is 10.3. The van der Waals surface area contributed by atoms with Gasteiger partial charge in [-0.1, -0.05) is 23.4 Å². The largest absolute Gasteiger partial charge is 0.487 e. The van der Waals surface area contributed by atoms with Gasteiger partial charge >= 0.3 is 0 Å². The summed E-state index contributed by atoms with van der Waals surface area (Å²) in [5.74, 6) is 1.72. The molecule has 0 spiro atoms. The summed E-state index contributed by atoms with van der Waals surface area (Å²) in [6.45, 7) is 7.41. The Morgan fingerprint density at radius 2 is 2.18 bits per heavy atom. The Morgan fingerprint density at radius 1 is 1.36 bits per heavy atom. The second-order valence-electron chi connectivity index (χ2n) is 8.40. The van der Waals surface area contributed by atoms with Crippen LogP contribution in [0.3, 0.4) is 0 Å². The zero-order chi connectivity index (χ0) is 19.5. The molecule has 2 aromatic rings. The first-order chi connectivity index (χ1) is 13.6. The van der Waals surface area contributed by atoms with Crippen molar-refractivity contribution in [3.8, 4) is 5.75 Å². The number of rotatable bonds is 7. The molecule has 7 nitrogen and oxygen atoms in total. The maximum atomic E-state index is 12.5. The van der Waals surface area contributed by atoms with Gasteiger partial charge in [0.15, 0.2) is 0 Å². The summed E-state index contributed by atoms with van der Waals surface area (Å²) in [6.07, 6.45) is 4.21. The molecule has 150 valence electrons. The van der Waals surface area contributed by atoms with E-state index >= 15 is 0 Å². The monoisotopic (exact) mass is 384 g/mol. The van der Waals surface area contributed by atoms with Crippen molar-refractivity contribution in [2.75, 3.05) is 13.1 Å². The van der Waals surface area contributed by atoms with Crippen molar-refractivity contribution in [2.24, 2.45) is 11.8 Å². The van der Waals surface area contributed by atoms with E-state index in [-0.39, 0.29) is 17.9 Å². The molecule has 1 aromatic heterocycles. The number of hydrogen-bond acceptors (Lipinski definition) is 4. The van der Waals surface area contributed by atoms with E-state index in [0.717, 1.165) is 43.9 Å². The van der Waals surface area contributed by atoms with Crippen LogP contribution in [0.4, 0.5) is 0 Å². The molecule has 0 radical (unpaired) electrons. The molecule has 4 atom stereocenters. The molecule has 1 aromatic carbocycles.